The van der Waals surface area contributed by atoms with Crippen LogP contribution in [0.25, 0.3) is 0 Å². The summed E-state index contributed by atoms with van der Waals surface area (Å²) < 4.78 is 2.19. The van der Waals surface area contributed by atoms with Crippen molar-refractivity contribution in [2.75, 3.05) is 6.54 Å². The van der Waals surface area contributed by atoms with E-state index in [4.69, 9.17) is 0 Å². The van der Waals surface area contributed by atoms with Crippen LogP contribution >= 0.6 is 0 Å². The van der Waals surface area contributed by atoms with Crippen LogP contribution in [0.5, 0.6) is 0 Å². The van der Waals surface area contributed by atoms with E-state index in [0.29, 0.717) is 5.92 Å². The fourth-order valence-corrected chi connectivity index (χ4v) is 1.58. The average Bonchev–Trinajstić information content (AvgIpc) is 2.65. The Morgan fingerprint density at radius 3 is 2.75 bits per heavy atom. The van der Waals surface area contributed by atoms with Crippen LogP contribution < -0.4 is 5.32 Å². The fraction of sp³-hybridized carbons (Fsp3) is 0.769. The third-order valence-corrected chi connectivity index (χ3v) is 2.76. The number of rotatable bonds is 7. The summed E-state index contributed by atoms with van der Waals surface area (Å²) in [5.41, 5.74) is 1.14. The lowest BCUT2D eigenvalue weighted by molar-refractivity contribution is 0.468. The maximum absolute atomic E-state index is 4.40. The molecule has 1 N–H and O–H groups in total. The number of hydrogen-bond acceptors (Lipinski definition) is 2. The third kappa shape index (κ3) is 4.79. The molecule has 3 heteroatoms. The molecule has 0 aliphatic carbocycles. The molecular weight excluding hydrogens is 198 g/mol. The largest absolute Gasteiger partial charge is 0.337 e. The molecule has 1 atom stereocenters. The molecule has 0 aliphatic heterocycles. The minimum atomic E-state index is 0.696. The SMILES string of the molecule is CCC(C)Cn1cnc(CNCC(C)C)c1. The second-order valence-corrected chi connectivity index (χ2v) is 5.10. The van der Waals surface area contributed by atoms with E-state index in [0.717, 1.165) is 31.2 Å². The van der Waals surface area contributed by atoms with Crippen molar-refractivity contribution < 1.29 is 0 Å². The monoisotopic (exact) mass is 223 g/mol. The Hall–Kier alpha value is -0.830. The molecule has 1 rings (SSSR count). The van der Waals surface area contributed by atoms with Crippen LogP contribution in [0.1, 0.15) is 39.8 Å². The Kier molecular flexibility index (Phi) is 5.53. The first kappa shape index (κ1) is 13.2. The van der Waals surface area contributed by atoms with E-state index in [1.54, 1.807) is 0 Å². The van der Waals surface area contributed by atoms with Gasteiger partial charge in [0.25, 0.3) is 0 Å². The first-order valence-electron chi connectivity index (χ1n) is 6.33. The van der Waals surface area contributed by atoms with Crippen molar-refractivity contribution in [2.24, 2.45) is 11.8 Å². The van der Waals surface area contributed by atoms with Crippen LogP contribution in [0.3, 0.4) is 0 Å². The second kappa shape index (κ2) is 6.69. The van der Waals surface area contributed by atoms with Gasteiger partial charge in [-0.15, -0.1) is 0 Å². The molecule has 0 aromatic carbocycles. The lowest BCUT2D eigenvalue weighted by Gasteiger charge is -2.08. The van der Waals surface area contributed by atoms with Gasteiger partial charge in [0.05, 0.1) is 12.0 Å². The minimum absolute atomic E-state index is 0.696. The van der Waals surface area contributed by atoms with E-state index in [-0.39, 0.29) is 0 Å². The Bertz CT molecular complexity index is 291. The predicted octanol–water partition coefficient (Wildman–Crippen LogP) is 2.67. The van der Waals surface area contributed by atoms with E-state index in [1.807, 2.05) is 6.33 Å². The van der Waals surface area contributed by atoms with Gasteiger partial charge in [0.1, 0.15) is 0 Å². The first-order chi connectivity index (χ1) is 7.61. The van der Waals surface area contributed by atoms with Gasteiger partial charge in [0, 0.05) is 19.3 Å². The molecule has 16 heavy (non-hydrogen) atoms. The quantitative estimate of drug-likeness (QED) is 0.770. The van der Waals surface area contributed by atoms with Crippen LogP contribution in [0, 0.1) is 11.8 Å². The summed E-state index contributed by atoms with van der Waals surface area (Å²) in [4.78, 5) is 4.40. The Morgan fingerprint density at radius 2 is 2.12 bits per heavy atom. The van der Waals surface area contributed by atoms with E-state index in [2.05, 4.69) is 48.8 Å². The average molecular weight is 223 g/mol. The molecular formula is C13H25N3. The summed E-state index contributed by atoms with van der Waals surface area (Å²) in [6.07, 6.45) is 5.32. The molecule has 1 heterocycles. The summed E-state index contributed by atoms with van der Waals surface area (Å²) in [6, 6.07) is 0. The van der Waals surface area contributed by atoms with Crippen molar-refractivity contribution >= 4 is 0 Å². The Morgan fingerprint density at radius 1 is 1.38 bits per heavy atom. The molecule has 1 aromatic heterocycles. The van der Waals surface area contributed by atoms with Crippen molar-refractivity contribution in [1.82, 2.24) is 14.9 Å². The number of aromatic nitrogens is 2. The zero-order valence-corrected chi connectivity index (χ0v) is 11.0. The maximum Gasteiger partial charge on any atom is 0.0950 e. The fourth-order valence-electron chi connectivity index (χ4n) is 1.58. The van der Waals surface area contributed by atoms with E-state index in [9.17, 15) is 0 Å². The molecule has 0 fully saturated rings. The molecule has 1 aromatic rings. The lowest BCUT2D eigenvalue weighted by Crippen LogP contribution is -2.19. The smallest absolute Gasteiger partial charge is 0.0950 e. The molecule has 0 spiro atoms. The predicted molar refractivity (Wildman–Crippen MR) is 68.2 cm³/mol. The number of hydrogen-bond donors (Lipinski definition) is 1. The molecule has 92 valence electrons. The van der Waals surface area contributed by atoms with E-state index in [1.165, 1.54) is 6.42 Å². The van der Waals surface area contributed by atoms with Crippen molar-refractivity contribution in [3.05, 3.63) is 18.2 Å². The van der Waals surface area contributed by atoms with Gasteiger partial charge in [0.15, 0.2) is 0 Å². The van der Waals surface area contributed by atoms with Crippen molar-refractivity contribution in [2.45, 2.75) is 47.2 Å². The highest BCUT2D eigenvalue weighted by molar-refractivity contribution is 4.96. The number of nitrogens with one attached hydrogen (secondary N) is 1. The van der Waals surface area contributed by atoms with E-state index >= 15 is 0 Å². The van der Waals surface area contributed by atoms with Crippen LogP contribution in [0.15, 0.2) is 12.5 Å². The minimum Gasteiger partial charge on any atom is -0.337 e. The normalized spacial score (nSPS) is 13.3. The summed E-state index contributed by atoms with van der Waals surface area (Å²) in [5, 5.41) is 3.41. The first-order valence-corrected chi connectivity index (χ1v) is 6.33. The summed E-state index contributed by atoms with van der Waals surface area (Å²) in [7, 11) is 0. The molecule has 0 radical (unpaired) electrons. The zero-order valence-electron chi connectivity index (χ0n) is 11.0. The van der Waals surface area contributed by atoms with Gasteiger partial charge < -0.3 is 9.88 Å². The third-order valence-electron chi connectivity index (χ3n) is 2.76. The van der Waals surface area contributed by atoms with Crippen molar-refractivity contribution in [1.29, 1.82) is 0 Å². The van der Waals surface area contributed by atoms with Gasteiger partial charge in [-0.1, -0.05) is 34.1 Å². The lowest BCUT2D eigenvalue weighted by atomic mass is 10.1. The van der Waals surface area contributed by atoms with Gasteiger partial charge in [-0.2, -0.15) is 0 Å². The molecule has 3 nitrogen and oxygen atoms in total. The molecule has 0 bridgehead atoms. The van der Waals surface area contributed by atoms with Crippen molar-refractivity contribution in [3.8, 4) is 0 Å². The van der Waals surface area contributed by atoms with Crippen LogP contribution in [-0.2, 0) is 13.1 Å². The second-order valence-electron chi connectivity index (χ2n) is 5.10. The molecule has 0 amide bonds. The number of nitrogens with zero attached hydrogens (tertiary/aromatic N) is 2. The Balaban J connectivity index is 2.33. The molecule has 0 saturated carbocycles. The zero-order chi connectivity index (χ0) is 12.0. The van der Waals surface area contributed by atoms with Crippen LogP contribution in [-0.4, -0.2) is 16.1 Å². The highest BCUT2D eigenvalue weighted by Crippen LogP contribution is 2.06. The summed E-state index contributed by atoms with van der Waals surface area (Å²) in [5.74, 6) is 1.42. The van der Waals surface area contributed by atoms with Gasteiger partial charge in [-0.3, -0.25) is 0 Å². The topological polar surface area (TPSA) is 29.9 Å². The standard InChI is InChI=1S/C13H25N3/c1-5-12(4)8-16-9-13(15-10-16)7-14-6-11(2)3/h9-12,14H,5-8H2,1-4H3. The van der Waals surface area contributed by atoms with Crippen molar-refractivity contribution in [3.63, 3.8) is 0 Å². The highest BCUT2D eigenvalue weighted by atomic mass is 15.0. The summed E-state index contributed by atoms with van der Waals surface area (Å²) >= 11 is 0. The summed E-state index contributed by atoms with van der Waals surface area (Å²) in [6.45, 7) is 11.9. The molecule has 1 unspecified atom stereocenters. The van der Waals surface area contributed by atoms with Gasteiger partial charge in [0.2, 0.25) is 0 Å². The van der Waals surface area contributed by atoms with Gasteiger partial charge in [-0.25, -0.2) is 4.98 Å². The van der Waals surface area contributed by atoms with Gasteiger partial charge >= 0.3 is 0 Å². The maximum atomic E-state index is 4.40. The molecule has 0 saturated heterocycles. The van der Waals surface area contributed by atoms with E-state index < -0.39 is 0 Å². The number of imidazole rings is 1. The van der Waals surface area contributed by atoms with Crippen LogP contribution in [0.2, 0.25) is 0 Å². The Labute approximate surface area is 99.3 Å². The highest BCUT2D eigenvalue weighted by Gasteiger charge is 2.02. The van der Waals surface area contributed by atoms with Gasteiger partial charge in [-0.05, 0) is 18.4 Å². The molecule has 0 aliphatic rings. The van der Waals surface area contributed by atoms with Crippen LogP contribution in [0.4, 0.5) is 0 Å².